The Morgan fingerprint density at radius 2 is 1.15 bits per heavy atom. The van der Waals surface area contributed by atoms with Gasteiger partial charge in [-0.05, 0) is 73.2 Å². The molecule has 0 unspecified atom stereocenters. The van der Waals surface area contributed by atoms with Crippen LogP contribution in [0.1, 0.15) is 70.0 Å². The number of unbranched alkanes of at least 4 members (excludes halogenated alkanes) is 2. The fourth-order valence-electron chi connectivity index (χ4n) is 5.17. The summed E-state index contributed by atoms with van der Waals surface area (Å²) in [4.78, 5) is 29.8. The monoisotopic (exact) mass is 587 g/mol. The summed E-state index contributed by atoms with van der Waals surface area (Å²) in [5.41, 5.74) is 6.12. The van der Waals surface area contributed by atoms with Gasteiger partial charge in [-0.15, -0.1) is 45.3 Å². The van der Waals surface area contributed by atoms with Crippen molar-refractivity contribution < 1.29 is 9.59 Å². The number of thiophene rings is 4. The van der Waals surface area contributed by atoms with Gasteiger partial charge in [0.2, 0.25) is 0 Å². The third-order valence-corrected chi connectivity index (χ3v) is 12.0. The molecular weight excluding hydrogens is 559 g/mol. The van der Waals surface area contributed by atoms with E-state index in [1.807, 2.05) is 22.7 Å². The first-order valence-electron chi connectivity index (χ1n) is 13.4. The highest BCUT2D eigenvalue weighted by Crippen LogP contribution is 2.49. The first-order chi connectivity index (χ1) is 19.1. The predicted octanol–water partition coefficient (Wildman–Crippen LogP) is 10.7. The number of aromatic nitrogens is 1. The largest absolute Gasteiger partial charge is 0.307 e. The molecule has 1 aromatic carbocycles. The summed E-state index contributed by atoms with van der Waals surface area (Å²) in [6, 6.07) is 19.4. The molecule has 6 aromatic rings. The van der Waals surface area contributed by atoms with E-state index in [1.54, 1.807) is 22.7 Å². The Hall–Kier alpha value is -2.84. The molecule has 0 amide bonds. The zero-order valence-corrected chi connectivity index (χ0v) is 25.3. The van der Waals surface area contributed by atoms with Crippen LogP contribution in [0.3, 0.4) is 0 Å². The lowest BCUT2D eigenvalue weighted by Gasteiger charge is -2.06. The maximum absolute atomic E-state index is 11.7. The van der Waals surface area contributed by atoms with Crippen LogP contribution in [0.15, 0.2) is 54.6 Å². The molecule has 0 saturated carbocycles. The topological polar surface area (TPSA) is 39.1 Å². The Balaban J connectivity index is 1.56. The van der Waals surface area contributed by atoms with Crippen LogP contribution in [0.2, 0.25) is 0 Å². The van der Waals surface area contributed by atoms with E-state index >= 15 is 0 Å². The molecule has 5 heterocycles. The average Bonchev–Trinajstić information content (AvgIpc) is 3.77. The quantitative estimate of drug-likeness (QED) is 0.141. The molecule has 3 nitrogen and oxygen atoms in total. The zero-order valence-electron chi connectivity index (χ0n) is 22.0. The van der Waals surface area contributed by atoms with Crippen molar-refractivity contribution in [1.82, 2.24) is 4.57 Å². The maximum Gasteiger partial charge on any atom is 0.160 e. The van der Waals surface area contributed by atoms with Gasteiger partial charge in [-0.2, -0.15) is 0 Å². The van der Waals surface area contributed by atoms with Crippen LogP contribution in [-0.2, 0) is 12.8 Å². The number of nitrogens with zero attached hydrogens (tertiary/aromatic N) is 1. The molecular formula is C32H29NO2S4. The summed E-state index contributed by atoms with van der Waals surface area (Å²) < 4.78 is 4.94. The molecule has 5 aromatic heterocycles. The molecule has 0 saturated heterocycles. The lowest BCUT2D eigenvalue weighted by molar-refractivity contribution is 0.111. The Bertz CT molecular complexity index is 1670. The minimum absolute atomic E-state index is 0.798. The number of benzene rings is 1. The fraction of sp³-hybridized carbons (Fsp3) is 0.250. The zero-order chi connectivity index (χ0) is 26.9. The van der Waals surface area contributed by atoms with Crippen LogP contribution in [0, 0.1) is 0 Å². The fourth-order valence-corrected chi connectivity index (χ4v) is 9.92. The minimum atomic E-state index is 0.798. The van der Waals surface area contributed by atoms with Gasteiger partial charge in [0.1, 0.15) is 0 Å². The van der Waals surface area contributed by atoms with Crippen molar-refractivity contribution in [2.45, 2.75) is 52.4 Å². The van der Waals surface area contributed by atoms with Gasteiger partial charge in [0.25, 0.3) is 0 Å². The van der Waals surface area contributed by atoms with Gasteiger partial charge < -0.3 is 4.57 Å². The summed E-state index contributed by atoms with van der Waals surface area (Å²) in [5, 5.41) is 0. The van der Waals surface area contributed by atoms with E-state index < -0.39 is 0 Å². The number of aldehydes is 2. The third kappa shape index (κ3) is 4.86. The van der Waals surface area contributed by atoms with Gasteiger partial charge in [-0.1, -0.05) is 44.9 Å². The van der Waals surface area contributed by atoms with E-state index in [0.717, 1.165) is 66.5 Å². The van der Waals surface area contributed by atoms with Crippen LogP contribution in [0.5, 0.6) is 0 Å². The number of hydrogen-bond donors (Lipinski definition) is 0. The second-order valence-electron chi connectivity index (χ2n) is 9.77. The number of carbonyl (C=O) groups is 2. The lowest BCUT2D eigenvalue weighted by atomic mass is 10.1. The Morgan fingerprint density at radius 3 is 1.59 bits per heavy atom. The van der Waals surface area contributed by atoms with Gasteiger partial charge in [0, 0.05) is 25.2 Å². The van der Waals surface area contributed by atoms with Crippen LogP contribution in [0.4, 0.5) is 0 Å². The molecule has 0 aliphatic carbocycles. The number of hydrogen-bond acceptors (Lipinski definition) is 6. The van der Waals surface area contributed by atoms with Crippen molar-refractivity contribution >= 4 is 78.4 Å². The molecule has 0 spiro atoms. The highest BCUT2D eigenvalue weighted by molar-refractivity contribution is 7.32. The average molecular weight is 588 g/mol. The Labute approximate surface area is 244 Å². The van der Waals surface area contributed by atoms with E-state index in [9.17, 15) is 9.59 Å². The number of rotatable bonds is 11. The van der Waals surface area contributed by atoms with Crippen molar-refractivity contribution in [1.29, 1.82) is 0 Å². The molecule has 0 aliphatic heterocycles. The van der Waals surface area contributed by atoms with Gasteiger partial charge >= 0.3 is 0 Å². The number of carbonyl (C=O) groups excluding carboxylic acids is 2. The van der Waals surface area contributed by atoms with E-state index in [-0.39, 0.29) is 0 Å². The summed E-state index contributed by atoms with van der Waals surface area (Å²) in [7, 11) is 0. The molecule has 0 aliphatic rings. The van der Waals surface area contributed by atoms with Crippen LogP contribution in [-0.4, -0.2) is 17.1 Å². The van der Waals surface area contributed by atoms with E-state index in [2.05, 4.69) is 73.0 Å². The maximum atomic E-state index is 11.7. The molecule has 0 N–H and O–H groups in total. The lowest BCUT2D eigenvalue weighted by Crippen LogP contribution is -1.91. The predicted molar refractivity (Wildman–Crippen MR) is 171 cm³/mol. The summed E-state index contributed by atoms with van der Waals surface area (Å²) in [6.07, 6.45) is 8.44. The Kier molecular flexibility index (Phi) is 7.67. The van der Waals surface area contributed by atoms with Crippen LogP contribution >= 0.6 is 45.3 Å². The van der Waals surface area contributed by atoms with Crippen molar-refractivity contribution in [2.24, 2.45) is 0 Å². The number of aryl methyl sites for hydroxylation is 2. The van der Waals surface area contributed by atoms with Crippen LogP contribution in [0.25, 0.3) is 45.6 Å². The molecule has 39 heavy (non-hydrogen) atoms. The van der Waals surface area contributed by atoms with Gasteiger partial charge in [0.05, 0.1) is 30.2 Å². The van der Waals surface area contributed by atoms with Crippen molar-refractivity contribution in [3.63, 3.8) is 0 Å². The van der Waals surface area contributed by atoms with Gasteiger partial charge in [0.15, 0.2) is 12.6 Å². The standard InChI is InChI=1S/C32H29NO2S4/c1-3-5-10-20-14-23(18-34)36-29(20)27-16-25-31(38-27)32-26(33(25)22-12-8-7-9-13-22)17-28(39-32)30-21(11-6-4-2)15-24(19-35)37-30/h7-9,12-19H,3-6,10-11H2,1-2H3. The van der Waals surface area contributed by atoms with E-state index in [0.29, 0.717) is 0 Å². The molecule has 6 rings (SSSR count). The van der Waals surface area contributed by atoms with Crippen molar-refractivity contribution in [2.75, 3.05) is 0 Å². The van der Waals surface area contributed by atoms with E-state index in [1.165, 1.54) is 51.1 Å². The first kappa shape index (κ1) is 26.4. The SMILES string of the molecule is CCCCc1cc(C=O)sc1-c1cc2c(s1)c1sc(-c3sc(C=O)cc3CCCC)cc1n2-c1ccccc1. The minimum Gasteiger partial charge on any atom is -0.307 e. The number of para-hydroxylation sites is 1. The summed E-state index contributed by atoms with van der Waals surface area (Å²) >= 11 is 6.89. The molecule has 0 fully saturated rings. The number of fused-ring (bicyclic) bond motifs is 3. The molecule has 0 atom stereocenters. The highest BCUT2D eigenvalue weighted by Gasteiger charge is 2.23. The highest BCUT2D eigenvalue weighted by atomic mass is 32.1. The first-order valence-corrected chi connectivity index (χ1v) is 16.7. The van der Waals surface area contributed by atoms with Gasteiger partial charge in [-0.3, -0.25) is 9.59 Å². The van der Waals surface area contributed by atoms with Crippen molar-refractivity contribution in [3.8, 4) is 25.2 Å². The molecule has 7 heteroatoms. The normalized spacial score (nSPS) is 11.6. The van der Waals surface area contributed by atoms with E-state index in [4.69, 9.17) is 0 Å². The second kappa shape index (κ2) is 11.3. The van der Waals surface area contributed by atoms with Crippen molar-refractivity contribution in [3.05, 3.63) is 75.5 Å². The summed E-state index contributed by atoms with van der Waals surface area (Å²) in [6.45, 7) is 4.42. The smallest absolute Gasteiger partial charge is 0.160 e. The molecule has 0 bridgehead atoms. The van der Waals surface area contributed by atoms with Gasteiger partial charge in [-0.25, -0.2) is 0 Å². The molecule has 198 valence electrons. The second-order valence-corrected chi connectivity index (χ2v) is 14.0. The summed E-state index contributed by atoms with van der Waals surface area (Å²) in [5.74, 6) is 0. The Morgan fingerprint density at radius 1 is 0.667 bits per heavy atom. The van der Waals surface area contributed by atoms with Crippen LogP contribution < -0.4 is 0 Å². The third-order valence-electron chi connectivity index (χ3n) is 7.06. The molecule has 0 radical (unpaired) electrons.